The third kappa shape index (κ3) is 4.07. The smallest absolute Gasteiger partial charge is 0.249 e. The highest BCUT2D eigenvalue weighted by Gasteiger charge is 2.39. The predicted octanol–water partition coefficient (Wildman–Crippen LogP) is 3.16. The van der Waals surface area contributed by atoms with Gasteiger partial charge in [0.15, 0.2) is 5.82 Å². The molecule has 1 atom stereocenters. The van der Waals surface area contributed by atoms with Crippen molar-refractivity contribution in [3.63, 3.8) is 0 Å². The number of anilines is 5. The van der Waals surface area contributed by atoms with E-state index in [1.165, 1.54) is 6.92 Å². The first kappa shape index (κ1) is 21.1. The second-order valence-corrected chi connectivity index (χ2v) is 8.11. The lowest BCUT2D eigenvalue weighted by molar-refractivity contribution is -0.120. The summed E-state index contributed by atoms with van der Waals surface area (Å²) in [5, 5.41) is 3.34. The first-order valence-electron chi connectivity index (χ1n) is 10.6. The van der Waals surface area contributed by atoms with E-state index in [2.05, 4.69) is 10.2 Å². The van der Waals surface area contributed by atoms with Crippen LogP contribution in [0.15, 0.2) is 36.4 Å². The fourth-order valence-corrected chi connectivity index (χ4v) is 4.21. The van der Waals surface area contributed by atoms with Crippen LogP contribution in [0.5, 0.6) is 0 Å². The minimum atomic E-state index is -0.273. The van der Waals surface area contributed by atoms with Crippen molar-refractivity contribution < 1.29 is 14.3 Å². The fraction of sp³-hybridized carbons (Fsp3) is 0.435. The van der Waals surface area contributed by atoms with Crippen molar-refractivity contribution >= 4 is 40.5 Å². The number of benzene rings is 1. The second-order valence-electron chi connectivity index (χ2n) is 8.11. The maximum atomic E-state index is 12.8. The van der Waals surface area contributed by atoms with Crippen molar-refractivity contribution in [2.75, 3.05) is 47.3 Å². The molecule has 1 saturated heterocycles. The molecule has 1 aromatic heterocycles. The third-order valence-electron chi connectivity index (χ3n) is 6.15. The number of nitrogens with zero attached hydrogens (tertiary/aromatic N) is 4. The number of nitrogens with one attached hydrogen (secondary N) is 1. The Morgan fingerprint density at radius 2 is 1.84 bits per heavy atom. The molecule has 3 heterocycles. The minimum Gasteiger partial charge on any atom is -0.381 e. The van der Waals surface area contributed by atoms with Crippen LogP contribution >= 0.6 is 0 Å². The summed E-state index contributed by atoms with van der Waals surface area (Å²) in [6, 6.07) is 11.4. The molecule has 0 saturated carbocycles. The number of ether oxygens (including phenoxy) is 1. The van der Waals surface area contributed by atoms with Gasteiger partial charge in [-0.15, -0.1) is 0 Å². The molecule has 0 radical (unpaired) electrons. The molecule has 0 bridgehead atoms. The van der Waals surface area contributed by atoms with E-state index in [-0.39, 0.29) is 23.9 Å². The first-order valence-corrected chi connectivity index (χ1v) is 10.6. The van der Waals surface area contributed by atoms with E-state index in [0.717, 1.165) is 35.7 Å². The van der Waals surface area contributed by atoms with E-state index in [1.807, 2.05) is 43.3 Å². The average molecular weight is 424 g/mol. The van der Waals surface area contributed by atoms with Gasteiger partial charge in [0.1, 0.15) is 11.9 Å². The van der Waals surface area contributed by atoms with Crippen LogP contribution in [0.2, 0.25) is 0 Å². The van der Waals surface area contributed by atoms with Gasteiger partial charge in [0.25, 0.3) is 0 Å². The molecule has 0 unspecified atom stereocenters. The Balaban J connectivity index is 1.62. The SMILES string of the molecule is CC(=O)N(C)c1ccc(Nc2ccc3c(n2)N(C2CCOCC2)[C@H](C)C(=O)N3C)cc1. The van der Waals surface area contributed by atoms with Gasteiger partial charge in [-0.1, -0.05) is 0 Å². The molecule has 2 aliphatic rings. The van der Waals surface area contributed by atoms with Gasteiger partial charge in [0.05, 0.1) is 5.69 Å². The summed E-state index contributed by atoms with van der Waals surface area (Å²) < 4.78 is 5.53. The van der Waals surface area contributed by atoms with Crippen molar-refractivity contribution in [2.24, 2.45) is 0 Å². The average Bonchev–Trinajstić information content (AvgIpc) is 2.78. The molecule has 4 rings (SSSR count). The Morgan fingerprint density at radius 1 is 1.16 bits per heavy atom. The monoisotopic (exact) mass is 423 g/mol. The molecule has 164 valence electrons. The van der Waals surface area contributed by atoms with Crippen molar-refractivity contribution in [3.05, 3.63) is 36.4 Å². The number of carbonyl (C=O) groups is 2. The predicted molar refractivity (Wildman–Crippen MR) is 122 cm³/mol. The lowest BCUT2D eigenvalue weighted by Gasteiger charge is -2.44. The number of rotatable bonds is 4. The first-order chi connectivity index (χ1) is 14.9. The summed E-state index contributed by atoms with van der Waals surface area (Å²) in [7, 11) is 3.55. The zero-order chi connectivity index (χ0) is 22.1. The highest BCUT2D eigenvalue weighted by molar-refractivity contribution is 6.04. The largest absolute Gasteiger partial charge is 0.381 e. The van der Waals surface area contributed by atoms with Gasteiger partial charge in [-0.25, -0.2) is 4.98 Å². The van der Waals surface area contributed by atoms with E-state index in [4.69, 9.17) is 9.72 Å². The molecule has 8 heteroatoms. The van der Waals surface area contributed by atoms with E-state index < -0.39 is 0 Å². The maximum Gasteiger partial charge on any atom is 0.249 e. The summed E-state index contributed by atoms with van der Waals surface area (Å²) in [5.74, 6) is 1.59. The number of hydrogen-bond donors (Lipinski definition) is 1. The van der Waals surface area contributed by atoms with Crippen molar-refractivity contribution in [1.29, 1.82) is 0 Å². The molecule has 1 aromatic carbocycles. The zero-order valence-electron chi connectivity index (χ0n) is 18.5. The number of amides is 2. The zero-order valence-corrected chi connectivity index (χ0v) is 18.5. The highest BCUT2D eigenvalue weighted by Crippen LogP contribution is 2.38. The molecule has 2 aliphatic heterocycles. The summed E-state index contributed by atoms with van der Waals surface area (Å²) in [6.07, 6.45) is 1.76. The number of likely N-dealkylation sites (N-methyl/N-ethyl adjacent to an activating group) is 1. The lowest BCUT2D eigenvalue weighted by Crippen LogP contribution is -2.56. The van der Waals surface area contributed by atoms with Crippen molar-refractivity contribution in [1.82, 2.24) is 4.98 Å². The van der Waals surface area contributed by atoms with Gasteiger partial charge in [0, 0.05) is 51.6 Å². The van der Waals surface area contributed by atoms with Crippen LogP contribution in [0, 0.1) is 0 Å². The topological polar surface area (TPSA) is 78.0 Å². The molecular weight excluding hydrogens is 394 g/mol. The number of fused-ring (bicyclic) bond motifs is 1. The van der Waals surface area contributed by atoms with Gasteiger partial charge < -0.3 is 24.8 Å². The van der Waals surface area contributed by atoms with Crippen molar-refractivity contribution in [3.8, 4) is 0 Å². The summed E-state index contributed by atoms with van der Waals surface area (Å²) in [5.41, 5.74) is 2.52. The van der Waals surface area contributed by atoms with E-state index in [1.54, 1.807) is 23.9 Å². The van der Waals surface area contributed by atoms with Gasteiger partial charge in [-0.05, 0) is 56.2 Å². The Labute approximate surface area is 182 Å². The fourth-order valence-electron chi connectivity index (χ4n) is 4.21. The molecule has 0 aliphatic carbocycles. The Bertz CT molecular complexity index is 972. The minimum absolute atomic E-state index is 0.0157. The van der Waals surface area contributed by atoms with E-state index in [9.17, 15) is 9.59 Å². The molecule has 2 amide bonds. The van der Waals surface area contributed by atoms with E-state index in [0.29, 0.717) is 19.0 Å². The molecule has 0 spiro atoms. The van der Waals surface area contributed by atoms with Gasteiger partial charge >= 0.3 is 0 Å². The number of pyridine rings is 1. The Hall–Kier alpha value is -3.13. The lowest BCUT2D eigenvalue weighted by atomic mass is 10.0. The van der Waals surface area contributed by atoms with Crippen LogP contribution in [0.1, 0.15) is 26.7 Å². The molecule has 8 nitrogen and oxygen atoms in total. The summed E-state index contributed by atoms with van der Waals surface area (Å²) in [4.78, 5) is 34.7. The molecule has 1 N–H and O–H groups in total. The van der Waals surface area contributed by atoms with Crippen LogP contribution < -0.4 is 20.0 Å². The number of aromatic nitrogens is 1. The van der Waals surface area contributed by atoms with Crippen LogP contribution in [0.3, 0.4) is 0 Å². The highest BCUT2D eigenvalue weighted by atomic mass is 16.5. The molecule has 31 heavy (non-hydrogen) atoms. The quantitative estimate of drug-likeness (QED) is 0.814. The van der Waals surface area contributed by atoms with Crippen LogP contribution in [0.25, 0.3) is 0 Å². The number of hydrogen-bond acceptors (Lipinski definition) is 6. The van der Waals surface area contributed by atoms with Crippen LogP contribution in [-0.4, -0.2) is 56.2 Å². The maximum absolute atomic E-state index is 12.8. The molecular formula is C23H29N5O3. The van der Waals surface area contributed by atoms with Crippen LogP contribution in [-0.2, 0) is 14.3 Å². The van der Waals surface area contributed by atoms with Gasteiger partial charge in [-0.3, -0.25) is 9.59 Å². The molecule has 1 fully saturated rings. The van der Waals surface area contributed by atoms with E-state index >= 15 is 0 Å². The van der Waals surface area contributed by atoms with Gasteiger partial charge in [-0.2, -0.15) is 0 Å². The number of carbonyl (C=O) groups excluding carboxylic acids is 2. The normalized spacial score (nSPS) is 19.2. The Morgan fingerprint density at radius 3 is 2.48 bits per heavy atom. The second kappa shape index (κ2) is 8.55. The molecule has 2 aromatic rings. The summed E-state index contributed by atoms with van der Waals surface area (Å²) >= 11 is 0. The standard InChI is InChI=1S/C23H29N5O3/c1-15-23(30)27(4)20-9-10-21(25-22(20)28(15)19-11-13-31-14-12-19)24-17-5-7-18(8-6-17)26(3)16(2)29/h5-10,15,19H,11-14H2,1-4H3,(H,24,25)/t15-/m1/s1. The Kier molecular flexibility index (Phi) is 5.82. The third-order valence-corrected chi connectivity index (χ3v) is 6.15. The van der Waals surface area contributed by atoms with Crippen molar-refractivity contribution in [2.45, 2.75) is 38.8 Å². The summed E-state index contributed by atoms with van der Waals surface area (Å²) in [6.45, 7) is 4.89. The van der Waals surface area contributed by atoms with Crippen LogP contribution in [0.4, 0.5) is 28.7 Å². The van der Waals surface area contributed by atoms with Gasteiger partial charge in [0.2, 0.25) is 11.8 Å².